The molecule has 18 heavy (non-hydrogen) atoms. The van der Waals surface area contributed by atoms with Gasteiger partial charge in [-0.05, 0) is 30.9 Å². The van der Waals surface area contributed by atoms with Gasteiger partial charge in [0, 0.05) is 12.7 Å². The topological polar surface area (TPSA) is 46.5 Å². The molecule has 3 heteroatoms. The van der Waals surface area contributed by atoms with E-state index in [9.17, 15) is 4.79 Å². The third-order valence-electron chi connectivity index (χ3n) is 2.51. The molecule has 0 fully saturated rings. The van der Waals surface area contributed by atoms with Gasteiger partial charge < -0.3 is 9.84 Å². The van der Waals surface area contributed by atoms with Gasteiger partial charge in [0.2, 0.25) is 0 Å². The van der Waals surface area contributed by atoms with Crippen molar-refractivity contribution in [2.45, 2.75) is 25.7 Å². The molecule has 0 spiro atoms. The summed E-state index contributed by atoms with van der Waals surface area (Å²) in [5.41, 5.74) is 0.984. The molecule has 0 aliphatic carbocycles. The lowest BCUT2D eigenvalue weighted by Crippen LogP contribution is -2.02. The number of hydrogen-bond donors (Lipinski definition) is 1. The molecular formula is C15H20O3. The highest BCUT2D eigenvalue weighted by molar-refractivity contribution is 5.86. The fourth-order valence-corrected chi connectivity index (χ4v) is 1.52. The molecule has 1 rings (SSSR count). The van der Waals surface area contributed by atoms with E-state index >= 15 is 0 Å². The Balaban J connectivity index is 2.12. The number of esters is 1. The minimum Gasteiger partial charge on any atom is -0.463 e. The molecule has 0 amide bonds. The van der Waals surface area contributed by atoms with E-state index in [0.717, 1.165) is 31.2 Å². The smallest absolute Gasteiger partial charge is 0.330 e. The average Bonchev–Trinajstić information content (AvgIpc) is 2.41. The minimum atomic E-state index is -0.305. The van der Waals surface area contributed by atoms with E-state index in [0.29, 0.717) is 6.61 Å². The standard InChI is InChI=1S/C15H20O3/c16-12-6-1-2-7-13-18-15(17)11-10-14-8-4-3-5-9-14/h3-5,8-11,16H,1-2,6-7,12-13H2/b11-10+. The van der Waals surface area contributed by atoms with Crippen molar-refractivity contribution in [1.82, 2.24) is 0 Å². The maximum absolute atomic E-state index is 11.4. The number of rotatable bonds is 8. The highest BCUT2D eigenvalue weighted by Crippen LogP contribution is 2.02. The molecule has 0 unspecified atom stereocenters. The lowest BCUT2D eigenvalue weighted by Gasteiger charge is -2.01. The maximum atomic E-state index is 11.4. The Labute approximate surface area is 108 Å². The van der Waals surface area contributed by atoms with Gasteiger partial charge in [-0.3, -0.25) is 0 Å². The summed E-state index contributed by atoms with van der Waals surface area (Å²) in [7, 11) is 0. The van der Waals surface area contributed by atoms with E-state index < -0.39 is 0 Å². The number of carbonyl (C=O) groups is 1. The largest absolute Gasteiger partial charge is 0.463 e. The molecule has 1 aromatic rings. The molecule has 0 heterocycles. The summed E-state index contributed by atoms with van der Waals surface area (Å²) < 4.78 is 5.06. The van der Waals surface area contributed by atoms with Crippen molar-refractivity contribution in [2.75, 3.05) is 13.2 Å². The van der Waals surface area contributed by atoms with Gasteiger partial charge in [-0.25, -0.2) is 4.79 Å². The molecule has 0 aliphatic heterocycles. The van der Waals surface area contributed by atoms with E-state index in [1.807, 2.05) is 30.3 Å². The van der Waals surface area contributed by atoms with Gasteiger partial charge in [0.25, 0.3) is 0 Å². The number of benzene rings is 1. The van der Waals surface area contributed by atoms with Crippen molar-refractivity contribution in [2.24, 2.45) is 0 Å². The zero-order chi connectivity index (χ0) is 13.1. The van der Waals surface area contributed by atoms with E-state index in [1.54, 1.807) is 6.08 Å². The van der Waals surface area contributed by atoms with Crippen molar-refractivity contribution >= 4 is 12.0 Å². The Morgan fingerprint density at radius 2 is 1.83 bits per heavy atom. The summed E-state index contributed by atoms with van der Waals surface area (Å²) in [4.78, 5) is 11.4. The van der Waals surface area contributed by atoms with Crippen LogP contribution in [-0.2, 0) is 9.53 Å². The molecule has 0 saturated heterocycles. The molecule has 0 bridgehead atoms. The van der Waals surface area contributed by atoms with Crippen LogP contribution in [0.5, 0.6) is 0 Å². The second kappa shape index (κ2) is 9.42. The summed E-state index contributed by atoms with van der Waals surface area (Å²) in [6, 6.07) is 9.64. The third-order valence-corrected chi connectivity index (χ3v) is 2.51. The maximum Gasteiger partial charge on any atom is 0.330 e. The number of aliphatic hydroxyl groups is 1. The number of aliphatic hydroxyl groups excluding tert-OH is 1. The molecule has 0 aromatic heterocycles. The van der Waals surface area contributed by atoms with Crippen LogP contribution >= 0.6 is 0 Å². The van der Waals surface area contributed by atoms with Crippen molar-refractivity contribution in [3.63, 3.8) is 0 Å². The van der Waals surface area contributed by atoms with Crippen molar-refractivity contribution in [1.29, 1.82) is 0 Å². The van der Waals surface area contributed by atoms with Gasteiger partial charge in [-0.2, -0.15) is 0 Å². The molecule has 0 saturated carbocycles. The Kier molecular flexibility index (Phi) is 7.57. The molecule has 0 aliphatic rings. The van der Waals surface area contributed by atoms with Crippen molar-refractivity contribution < 1.29 is 14.6 Å². The Morgan fingerprint density at radius 3 is 2.56 bits per heavy atom. The lowest BCUT2D eigenvalue weighted by atomic mass is 10.2. The van der Waals surface area contributed by atoms with Crippen molar-refractivity contribution in [3.05, 3.63) is 42.0 Å². The molecule has 1 aromatic carbocycles. The monoisotopic (exact) mass is 248 g/mol. The van der Waals surface area contributed by atoms with Crippen LogP contribution in [0.25, 0.3) is 6.08 Å². The fraction of sp³-hybridized carbons (Fsp3) is 0.400. The SMILES string of the molecule is O=C(/C=C/c1ccccc1)OCCCCCCO. The first kappa shape index (κ1) is 14.5. The van der Waals surface area contributed by atoms with Gasteiger partial charge in [0.05, 0.1) is 6.61 Å². The first-order chi connectivity index (χ1) is 8.83. The summed E-state index contributed by atoms with van der Waals surface area (Å²) in [5, 5.41) is 8.59. The van der Waals surface area contributed by atoms with Crippen LogP contribution in [0.4, 0.5) is 0 Å². The van der Waals surface area contributed by atoms with Crippen LogP contribution in [0.2, 0.25) is 0 Å². The third kappa shape index (κ3) is 6.86. The van der Waals surface area contributed by atoms with Crippen LogP contribution in [-0.4, -0.2) is 24.3 Å². The quantitative estimate of drug-likeness (QED) is 0.437. The van der Waals surface area contributed by atoms with Crippen LogP contribution in [0.1, 0.15) is 31.2 Å². The average molecular weight is 248 g/mol. The van der Waals surface area contributed by atoms with Crippen LogP contribution in [0.15, 0.2) is 36.4 Å². The normalized spacial score (nSPS) is 10.7. The number of hydrogen-bond acceptors (Lipinski definition) is 3. The molecular weight excluding hydrogens is 228 g/mol. The van der Waals surface area contributed by atoms with Gasteiger partial charge in [-0.1, -0.05) is 36.8 Å². The highest BCUT2D eigenvalue weighted by atomic mass is 16.5. The Hall–Kier alpha value is -1.61. The second-order valence-electron chi connectivity index (χ2n) is 4.05. The van der Waals surface area contributed by atoms with Gasteiger partial charge >= 0.3 is 5.97 Å². The zero-order valence-electron chi connectivity index (χ0n) is 10.5. The van der Waals surface area contributed by atoms with Crippen molar-refractivity contribution in [3.8, 4) is 0 Å². The summed E-state index contributed by atoms with van der Waals surface area (Å²) >= 11 is 0. The molecule has 3 nitrogen and oxygen atoms in total. The zero-order valence-corrected chi connectivity index (χ0v) is 10.5. The first-order valence-electron chi connectivity index (χ1n) is 6.33. The Bertz CT molecular complexity index is 357. The number of ether oxygens (including phenoxy) is 1. The number of carbonyl (C=O) groups excluding carboxylic acids is 1. The van der Waals surface area contributed by atoms with E-state index in [2.05, 4.69) is 0 Å². The summed E-state index contributed by atoms with van der Waals surface area (Å²) in [5.74, 6) is -0.305. The second-order valence-corrected chi connectivity index (χ2v) is 4.05. The van der Waals surface area contributed by atoms with Gasteiger partial charge in [0.1, 0.15) is 0 Å². The van der Waals surface area contributed by atoms with Crippen LogP contribution in [0.3, 0.4) is 0 Å². The predicted molar refractivity (Wildman–Crippen MR) is 72.0 cm³/mol. The summed E-state index contributed by atoms with van der Waals surface area (Å²) in [6.45, 7) is 0.684. The molecule has 0 radical (unpaired) electrons. The highest BCUT2D eigenvalue weighted by Gasteiger charge is 1.96. The summed E-state index contributed by atoms with van der Waals surface area (Å²) in [6.07, 6.45) is 6.83. The van der Waals surface area contributed by atoms with Gasteiger partial charge in [0.15, 0.2) is 0 Å². The lowest BCUT2D eigenvalue weighted by molar-refractivity contribution is -0.137. The first-order valence-corrected chi connectivity index (χ1v) is 6.33. The van der Waals surface area contributed by atoms with Crippen LogP contribution < -0.4 is 0 Å². The predicted octanol–water partition coefficient (Wildman–Crippen LogP) is 2.80. The van der Waals surface area contributed by atoms with E-state index in [4.69, 9.17) is 9.84 Å². The molecule has 98 valence electrons. The molecule has 1 N–H and O–H groups in total. The fourth-order valence-electron chi connectivity index (χ4n) is 1.52. The van der Waals surface area contributed by atoms with Crippen LogP contribution in [0, 0.1) is 0 Å². The Morgan fingerprint density at radius 1 is 1.11 bits per heavy atom. The molecule has 0 atom stereocenters. The number of unbranched alkanes of at least 4 members (excludes halogenated alkanes) is 3. The van der Waals surface area contributed by atoms with E-state index in [1.165, 1.54) is 6.08 Å². The van der Waals surface area contributed by atoms with Gasteiger partial charge in [-0.15, -0.1) is 0 Å². The van der Waals surface area contributed by atoms with E-state index in [-0.39, 0.29) is 12.6 Å². The minimum absolute atomic E-state index is 0.236.